The van der Waals surface area contributed by atoms with E-state index in [1.54, 1.807) is 0 Å². The van der Waals surface area contributed by atoms with Gasteiger partial charge in [-0.3, -0.25) is 18.6 Å². The third-order valence-electron chi connectivity index (χ3n) is 10.7. The molecule has 61 heavy (non-hydrogen) atoms. The van der Waals surface area contributed by atoms with Crippen LogP contribution in [0.1, 0.15) is 232 Å². The van der Waals surface area contributed by atoms with Crippen LogP contribution >= 0.6 is 7.82 Å². The number of esters is 2. The van der Waals surface area contributed by atoms with Crippen LogP contribution in [0.3, 0.4) is 0 Å². The molecule has 0 saturated carbocycles. The van der Waals surface area contributed by atoms with Crippen molar-refractivity contribution in [2.75, 3.05) is 26.4 Å². The maximum Gasteiger partial charge on any atom is 0.472 e. The van der Waals surface area contributed by atoms with Gasteiger partial charge in [-0.05, 0) is 51.4 Å². The number of carbonyl (C=O) groups is 2. The van der Waals surface area contributed by atoms with Gasteiger partial charge in [0.25, 0.3) is 0 Å². The molecular formula is C51H94NO8P. The summed E-state index contributed by atoms with van der Waals surface area (Å²) in [7, 11) is -4.38. The number of phosphoric acid groups is 1. The summed E-state index contributed by atoms with van der Waals surface area (Å²) in [5.41, 5.74) is 5.36. The number of rotatable bonds is 47. The molecule has 0 spiro atoms. The molecule has 0 aliphatic rings. The summed E-state index contributed by atoms with van der Waals surface area (Å²) < 4.78 is 32.8. The van der Waals surface area contributed by atoms with E-state index in [0.717, 1.165) is 64.2 Å². The zero-order chi connectivity index (χ0) is 44.6. The smallest absolute Gasteiger partial charge is 0.462 e. The van der Waals surface area contributed by atoms with Crippen molar-refractivity contribution in [2.45, 2.75) is 238 Å². The van der Waals surface area contributed by atoms with Gasteiger partial charge in [0.1, 0.15) is 6.61 Å². The molecule has 2 atom stereocenters. The predicted octanol–water partition coefficient (Wildman–Crippen LogP) is 15.1. The molecule has 0 fully saturated rings. The van der Waals surface area contributed by atoms with Crippen molar-refractivity contribution in [3.05, 3.63) is 48.6 Å². The van der Waals surface area contributed by atoms with Crippen LogP contribution in [0.5, 0.6) is 0 Å². The number of hydrogen-bond donors (Lipinski definition) is 2. The molecule has 10 heteroatoms. The van der Waals surface area contributed by atoms with Gasteiger partial charge in [-0.2, -0.15) is 0 Å². The average molecular weight is 880 g/mol. The Labute approximate surface area is 375 Å². The number of nitrogens with two attached hydrogens (primary N) is 1. The lowest BCUT2D eigenvalue weighted by molar-refractivity contribution is -0.161. The Balaban J connectivity index is 3.91. The Morgan fingerprint density at radius 1 is 0.508 bits per heavy atom. The number of unbranched alkanes of at least 4 members (excludes halogenated alkanes) is 26. The van der Waals surface area contributed by atoms with Crippen molar-refractivity contribution < 1.29 is 37.6 Å². The van der Waals surface area contributed by atoms with E-state index in [1.807, 2.05) is 0 Å². The standard InChI is InChI=1S/C51H94NO8P/c1-3-5-7-9-11-13-15-16-17-18-19-20-21-22-23-24-25-26-27-28-29-30-31-32-34-36-38-40-42-44-51(54)60-49(48-59-61(55,56)58-46-45-52)47-57-50(53)43-41-39-37-35-33-14-12-10-8-6-4-2/h5,7,11,13,16-17,19-20,49H,3-4,6,8-10,12,14-15,18,21-48,52H2,1-2H3,(H,55,56)/b7-5-,13-11-,17-16-,20-19-. The minimum absolute atomic E-state index is 0.0544. The summed E-state index contributed by atoms with van der Waals surface area (Å²) in [6.45, 7) is 3.63. The third kappa shape index (κ3) is 47.3. The molecule has 0 aliphatic carbocycles. The molecule has 0 heterocycles. The Kier molecular flexibility index (Phi) is 45.9. The first-order valence-corrected chi connectivity index (χ1v) is 26.6. The van der Waals surface area contributed by atoms with E-state index in [-0.39, 0.29) is 38.6 Å². The van der Waals surface area contributed by atoms with E-state index in [4.69, 9.17) is 24.3 Å². The normalized spacial score (nSPS) is 13.6. The highest BCUT2D eigenvalue weighted by atomic mass is 31.2. The molecule has 0 rings (SSSR count). The van der Waals surface area contributed by atoms with Crippen molar-refractivity contribution in [1.82, 2.24) is 0 Å². The molecule has 9 nitrogen and oxygen atoms in total. The second-order valence-corrected chi connectivity index (χ2v) is 18.1. The largest absolute Gasteiger partial charge is 0.472 e. The first-order chi connectivity index (χ1) is 29.8. The molecule has 0 aromatic rings. The highest BCUT2D eigenvalue weighted by Crippen LogP contribution is 2.43. The van der Waals surface area contributed by atoms with Gasteiger partial charge >= 0.3 is 19.8 Å². The van der Waals surface area contributed by atoms with Gasteiger partial charge in [-0.1, -0.05) is 217 Å². The molecular weight excluding hydrogens is 786 g/mol. The lowest BCUT2D eigenvalue weighted by Crippen LogP contribution is -2.29. The second kappa shape index (κ2) is 47.4. The van der Waals surface area contributed by atoms with Crippen LogP contribution in [0.2, 0.25) is 0 Å². The molecule has 0 bridgehead atoms. The predicted molar refractivity (Wildman–Crippen MR) is 257 cm³/mol. The molecule has 356 valence electrons. The fourth-order valence-corrected chi connectivity index (χ4v) is 7.80. The molecule has 0 aromatic carbocycles. The van der Waals surface area contributed by atoms with Crippen LogP contribution in [0.25, 0.3) is 0 Å². The number of carbonyl (C=O) groups excluding carboxylic acids is 2. The van der Waals surface area contributed by atoms with E-state index < -0.39 is 26.5 Å². The zero-order valence-corrected chi connectivity index (χ0v) is 40.3. The lowest BCUT2D eigenvalue weighted by atomic mass is 10.0. The first-order valence-electron chi connectivity index (χ1n) is 25.1. The van der Waals surface area contributed by atoms with Gasteiger partial charge < -0.3 is 20.1 Å². The molecule has 0 aliphatic heterocycles. The fourth-order valence-electron chi connectivity index (χ4n) is 7.04. The number of hydrogen-bond acceptors (Lipinski definition) is 8. The molecule has 0 radical (unpaired) electrons. The van der Waals surface area contributed by atoms with Crippen LogP contribution < -0.4 is 5.73 Å². The van der Waals surface area contributed by atoms with Gasteiger partial charge in [0.2, 0.25) is 0 Å². The summed E-state index contributed by atoms with van der Waals surface area (Å²) in [6, 6.07) is 0. The maximum atomic E-state index is 12.6. The Morgan fingerprint density at radius 3 is 1.34 bits per heavy atom. The van der Waals surface area contributed by atoms with Crippen LogP contribution in [-0.4, -0.2) is 49.3 Å². The van der Waals surface area contributed by atoms with Gasteiger partial charge in [-0.15, -0.1) is 0 Å². The second-order valence-electron chi connectivity index (χ2n) is 16.7. The summed E-state index contributed by atoms with van der Waals surface area (Å²) in [6.07, 6.45) is 55.9. The summed E-state index contributed by atoms with van der Waals surface area (Å²) in [4.78, 5) is 34.9. The SMILES string of the molecule is CC/C=C\C/C=C\C/C=C\C/C=C\CCCCCCCCCCCCCCCCCCC(=O)OC(COC(=O)CCCCCCCCCCCCC)COP(=O)(O)OCCN. The topological polar surface area (TPSA) is 134 Å². The summed E-state index contributed by atoms with van der Waals surface area (Å²) in [5, 5.41) is 0. The molecule has 0 amide bonds. The van der Waals surface area contributed by atoms with E-state index in [0.29, 0.717) is 6.42 Å². The van der Waals surface area contributed by atoms with Crippen LogP contribution in [-0.2, 0) is 32.7 Å². The van der Waals surface area contributed by atoms with Gasteiger partial charge in [-0.25, -0.2) is 4.57 Å². The highest BCUT2D eigenvalue weighted by Gasteiger charge is 2.26. The van der Waals surface area contributed by atoms with Gasteiger partial charge in [0.15, 0.2) is 6.10 Å². The quantitative estimate of drug-likeness (QED) is 0.0265. The summed E-state index contributed by atoms with van der Waals surface area (Å²) >= 11 is 0. The first kappa shape index (κ1) is 59.0. The Bertz CT molecular complexity index is 1140. The number of phosphoric ester groups is 1. The zero-order valence-electron chi connectivity index (χ0n) is 39.4. The minimum Gasteiger partial charge on any atom is -0.462 e. The van der Waals surface area contributed by atoms with Crippen LogP contribution in [0.4, 0.5) is 0 Å². The Morgan fingerprint density at radius 2 is 0.902 bits per heavy atom. The Hall–Kier alpha value is -2.03. The van der Waals surface area contributed by atoms with Gasteiger partial charge in [0, 0.05) is 19.4 Å². The fraction of sp³-hybridized carbons (Fsp3) is 0.804. The van der Waals surface area contributed by atoms with Crippen LogP contribution in [0.15, 0.2) is 48.6 Å². The van der Waals surface area contributed by atoms with Crippen molar-refractivity contribution in [1.29, 1.82) is 0 Å². The van der Waals surface area contributed by atoms with Crippen molar-refractivity contribution >= 4 is 19.8 Å². The summed E-state index contributed by atoms with van der Waals surface area (Å²) in [5.74, 6) is -0.821. The van der Waals surface area contributed by atoms with Crippen molar-refractivity contribution in [3.63, 3.8) is 0 Å². The van der Waals surface area contributed by atoms with E-state index >= 15 is 0 Å². The third-order valence-corrected chi connectivity index (χ3v) is 11.7. The molecule has 0 saturated heterocycles. The van der Waals surface area contributed by atoms with Gasteiger partial charge in [0.05, 0.1) is 13.2 Å². The highest BCUT2D eigenvalue weighted by molar-refractivity contribution is 7.47. The monoisotopic (exact) mass is 880 g/mol. The molecule has 2 unspecified atom stereocenters. The van der Waals surface area contributed by atoms with Crippen molar-refractivity contribution in [3.8, 4) is 0 Å². The maximum absolute atomic E-state index is 12.6. The lowest BCUT2D eigenvalue weighted by Gasteiger charge is -2.19. The van der Waals surface area contributed by atoms with Crippen molar-refractivity contribution in [2.24, 2.45) is 5.73 Å². The number of allylic oxidation sites excluding steroid dienone is 8. The molecule has 3 N–H and O–H groups in total. The van der Waals surface area contributed by atoms with E-state index in [1.165, 1.54) is 135 Å². The number of ether oxygens (including phenoxy) is 2. The van der Waals surface area contributed by atoms with E-state index in [9.17, 15) is 19.0 Å². The van der Waals surface area contributed by atoms with E-state index in [2.05, 4.69) is 62.5 Å². The molecule has 0 aromatic heterocycles. The minimum atomic E-state index is -4.38. The van der Waals surface area contributed by atoms with Crippen LogP contribution in [0, 0.1) is 0 Å². The average Bonchev–Trinajstić information content (AvgIpc) is 3.25.